The number of likely N-dealkylation sites (tertiary alicyclic amines) is 1. The highest BCUT2D eigenvalue weighted by molar-refractivity contribution is 6.08. The first-order valence-electron chi connectivity index (χ1n) is 10.00. The summed E-state index contributed by atoms with van der Waals surface area (Å²) in [5, 5.41) is 3.33. The minimum Gasteiger partial charge on any atom is -0.497 e. The lowest BCUT2D eigenvalue weighted by Crippen LogP contribution is -2.35. The van der Waals surface area contributed by atoms with E-state index in [-0.39, 0.29) is 0 Å². The third-order valence-corrected chi connectivity index (χ3v) is 5.58. The molecule has 1 aliphatic heterocycles. The summed E-state index contributed by atoms with van der Waals surface area (Å²) in [6.45, 7) is 6.59. The molecule has 1 aromatic heterocycles. The molecule has 0 aliphatic carbocycles. The number of ether oxygens (including phenoxy) is 2. The Morgan fingerprint density at radius 2 is 1.81 bits per heavy atom. The summed E-state index contributed by atoms with van der Waals surface area (Å²) in [6, 6.07) is 14.4. The molecule has 27 heavy (non-hydrogen) atoms. The standard InChI is InChI=1S/C23H28N2O2/c1-3-12-25-13-10-17(11-14-25)16-27-23-20-7-5-4-6-19(20)21-15-18(26-2)8-9-22(21)24-23/h4-9,15,17H,3,10-14,16H2,1-2H3. The van der Waals surface area contributed by atoms with Gasteiger partial charge in [-0.2, -0.15) is 0 Å². The fraction of sp³-hybridized carbons (Fsp3) is 0.435. The van der Waals surface area contributed by atoms with Gasteiger partial charge >= 0.3 is 0 Å². The van der Waals surface area contributed by atoms with Crippen LogP contribution in [0.25, 0.3) is 21.7 Å². The van der Waals surface area contributed by atoms with Crippen LogP contribution < -0.4 is 9.47 Å². The van der Waals surface area contributed by atoms with E-state index in [0.29, 0.717) is 5.92 Å². The molecule has 2 heterocycles. The van der Waals surface area contributed by atoms with Gasteiger partial charge in [-0.15, -0.1) is 0 Å². The maximum absolute atomic E-state index is 6.26. The Kier molecular flexibility index (Phi) is 5.44. The van der Waals surface area contributed by atoms with Crippen molar-refractivity contribution in [1.82, 2.24) is 9.88 Å². The summed E-state index contributed by atoms with van der Waals surface area (Å²) >= 11 is 0. The molecule has 0 N–H and O–H groups in total. The summed E-state index contributed by atoms with van der Waals surface area (Å²) in [5.74, 6) is 2.21. The zero-order valence-electron chi connectivity index (χ0n) is 16.3. The average molecular weight is 364 g/mol. The highest BCUT2D eigenvalue weighted by Gasteiger charge is 2.20. The van der Waals surface area contributed by atoms with Gasteiger partial charge in [0.2, 0.25) is 5.88 Å². The van der Waals surface area contributed by atoms with E-state index in [1.54, 1.807) is 7.11 Å². The van der Waals surface area contributed by atoms with Crippen LogP contribution in [0.3, 0.4) is 0 Å². The summed E-state index contributed by atoms with van der Waals surface area (Å²) in [7, 11) is 1.69. The highest BCUT2D eigenvalue weighted by Crippen LogP contribution is 2.33. The second-order valence-electron chi connectivity index (χ2n) is 7.44. The first kappa shape index (κ1) is 18.1. The van der Waals surface area contributed by atoms with Crippen molar-refractivity contribution in [3.05, 3.63) is 42.5 Å². The van der Waals surface area contributed by atoms with Crippen molar-refractivity contribution in [2.24, 2.45) is 5.92 Å². The molecule has 4 rings (SSSR count). The van der Waals surface area contributed by atoms with Gasteiger partial charge in [0, 0.05) is 10.8 Å². The molecule has 1 saturated heterocycles. The van der Waals surface area contributed by atoms with Gasteiger partial charge in [0.15, 0.2) is 0 Å². The van der Waals surface area contributed by atoms with Crippen molar-refractivity contribution >= 4 is 21.7 Å². The van der Waals surface area contributed by atoms with Crippen molar-refractivity contribution in [1.29, 1.82) is 0 Å². The predicted octanol–water partition coefficient (Wildman–Crippen LogP) is 4.90. The average Bonchev–Trinajstić information content (AvgIpc) is 2.73. The minimum absolute atomic E-state index is 0.616. The van der Waals surface area contributed by atoms with Gasteiger partial charge in [-0.1, -0.05) is 25.1 Å². The van der Waals surface area contributed by atoms with Crippen molar-refractivity contribution in [3.63, 3.8) is 0 Å². The number of rotatable bonds is 6. The van der Waals surface area contributed by atoms with Crippen molar-refractivity contribution in [2.75, 3.05) is 33.4 Å². The van der Waals surface area contributed by atoms with Gasteiger partial charge < -0.3 is 14.4 Å². The van der Waals surface area contributed by atoms with Crippen LogP contribution in [0.5, 0.6) is 11.6 Å². The second-order valence-corrected chi connectivity index (χ2v) is 7.44. The molecule has 0 atom stereocenters. The van der Waals surface area contributed by atoms with E-state index in [1.807, 2.05) is 18.2 Å². The van der Waals surface area contributed by atoms with Crippen LogP contribution in [0.15, 0.2) is 42.5 Å². The fourth-order valence-corrected chi connectivity index (χ4v) is 4.03. The summed E-state index contributed by atoms with van der Waals surface area (Å²) in [6.07, 6.45) is 3.66. The Balaban J connectivity index is 1.56. The Morgan fingerprint density at radius 3 is 2.56 bits per heavy atom. The lowest BCUT2D eigenvalue weighted by atomic mass is 9.98. The molecule has 0 radical (unpaired) electrons. The molecule has 0 unspecified atom stereocenters. The number of methoxy groups -OCH3 is 1. The predicted molar refractivity (Wildman–Crippen MR) is 111 cm³/mol. The van der Waals surface area contributed by atoms with E-state index >= 15 is 0 Å². The third-order valence-electron chi connectivity index (χ3n) is 5.58. The molecule has 4 heteroatoms. The van der Waals surface area contributed by atoms with Crippen LogP contribution in [-0.2, 0) is 0 Å². The van der Waals surface area contributed by atoms with Crippen LogP contribution in [-0.4, -0.2) is 43.2 Å². The number of aromatic nitrogens is 1. The molecule has 3 aromatic rings. The monoisotopic (exact) mass is 364 g/mol. The van der Waals surface area contributed by atoms with Crippen LogP contribution in [0, 0.1) is 5.92 Å². The molecule has 0 spiro atoms. The third kappa shape index (κ3) is 3.86. The summed E-state index contributed by atoms with van der Waals surface area (Å²) < 4.78 is 11.6. The Bertz CT molecular complexity index is 917. The van der Waals surface area contributed by atoms with Gasteiger partial charge in [-0.25, -0.2) is 4.98 Å². The quantitative estimate of drug-likeness (QED) is 0.583. The van der Waals surface area contributed by atoms with Crippen LogP contribution in [0.4, 0.5) is 0 Å². The highest BCUT2D eigenvalue weighted by atomic mass is 16.5. The lowest BCUT2D eigenvalue weighted by molar-refractivity contribution is 0.140. The van der Waals surface area contributed by atoms with Gasteiger partial charge in [-0.05, 0) is 74.5 Å². The first-order valence-corrected chi connectivity index (χ1v) is 10.00. The van der Waals surface area contributed by atoms with Gasteiger partial charge in [-0.3, -0.25) is 0 Å². The molecule has 0 saturated carbocycles. The molecule has 4 nitrogen and oxygen atoms in total. The number of pyridine rings is 1. The van der Waals surface area contributed by atoms with E-state index in [9.17, 15) is 0 Å². The molecule has 2 aromatic carbocycles. The normalized spacial score (nSPS) is 16.1. The number of fused-ring (bicyclic) bond motifs is 3. The second kappa shape index (κ2) is 8.13. The van der Waals surface area contributed by atoms with E-state index in [4.69, 9.17) is 14.5 Å². The largest absolute Gasteiger partial charge is 0.497 e. The van der Waals surface area contributed by atoms with E-state index < -0.39 is 0 Å². The Labute approximate surface area is 161 Å². The number of nitrogens with zero attached hydrogens (tertiary/aromatic N) is 2. The molecule has 0 amide bonds. The van der Waals surface area contributed by atoms with Crippen molar-refractivity contribution < 1.29 is 9.47 Å². The topological polar surface area (TPSA) is 34.6 Å². The summed E-state index contributed by atoms with van der Waals surface area (Å²) in [5.41, 5.74) is 0.947. The molecular weight excluding hydrogens is 336 g/mol. The maximum Gasteiger partial charge on any atom is 0.221 e. The molecule has 142 valence electrons. The first-order chi connectivity index (χ1) is 13.3. The molecule has 1 fully saturated rings. The molecule has 0 bridgehead atoms. The minimum atomic E-state index is 0.616. The zero-order valence-corrected chi connectivity index (χ0v) is 16.3. The lowest BCUT2D eigenvalue weighted by Gasteiger charge is -2.31. The van der Waals surface area contributed by atoms with E-state index in [0.717, 1.165) is 39.9 Å². The van der Waals surface area contributed by atoms with Crippen molar-refractivity contribution in [3.8, 4) is 11.6 Å². The van der Waals surface area contributed by atoms with E-state index in [2.05, 4.69) is 36.1 Å². The van der Waals surface area contributed by atoms with Crippen molar-refractivity contribution in [2.45, 2.75) is 26.2 Å². The van der Waals surface area contributed by atoms with Gasteiger partial charge in [0.1, 0.15) is 5.75 Å². The van der Waals surface area contributed by atoms with Crippen LogP contribution in [0.1, 0.15) is 26.2 Å². The molecule has 1 aliphatic rings. The van der Waals surface area contributed by atoms with Gasteiger partial charge in [0.25, 0.3) is 0 Å². The van der Waals surface area contributed by atoms with Gasteiger partial charge in [0.05, 0.1) is 19.2 Å². The smallest absolute Gasteiger partial charge is 0.221 e. The number of hydrogen-bond donors (Lipinski definition) is 0. The zero-order chi connectivity index (χ0) is 18.6. The van der Waals surface area contributed by atoms with Crippen LogP contribution >= 0.6 is 0 Å². The van der Waals surface area contributed by atoms with E-state index in [1.165, 1.54) is 38.9 Å². The Morgan fingerprint density at radius 1 is 1.04 bits per heavy atom. The maximum atomic E-state index is 6.26. The SMILES string of the molecule is CCCN1CCC(COc2nc3ccc(OC)cc3c3ccccc23)CC1. The Hall–Kier alpha value is -2.33. The fourth-order valence-electron chi connectivity index (χ4n) is 4.03. The number of benzene rings is 2. The number of piperidine rings is 1. The molecular formula is C23H28N2O2. The summed E-state index contributed by atoms with van der Waals surface area (Å²) in [4.78, 5) is 7.38. The number of hydrogen-bond acceptors (Lipinski definition) is 4. The van der Waals surface area contributed by atoms with Crippen LogP contribution in [0.2, 0.25) is 0 Å².